The summed E-state index contributed by atoms with van der Waals surface area (Å²) in [5.74, 6) is 0.443. The maximum absolute atomic E-state index is 14.5. The Kier molecular flexibility index (Phi) is 12.8. The second-order valence-corrected chi connectivity index (χ2v) is 14.5. The molecular formula is C37H39Cl2N3O7S. The number of rotatable bonds is 17. The van der Waals surface area contributed by atoms with E-state index in [1.807, 2.05) is 31.2 Å². The first kappa shape index (κ1) is 37.1. The van der Waals surface area contributed by atoms with Crippen LogP contribution in [0.3, 0.4) is 0 Å². The molecule has 1 aliphatic rings. The fraction of sp³-hybridized carbons (Fsp3) is 0.297. The molecule has 0 unspecified atom stereocenters. The molecule has 0 aromatic heterocycles. The predicted molar refractivity (Wildman–Crippen MR) is 194 cm³/mol. The number of amides is 1. The van der Waals surface area contributed by atoms with Crippen LogP contribution < -0.4 is 20.3 Å². The fourth-order valence-electron chi connectivity index (χ4n) is 5.55. The largest absolute Gasteiger partial charge is 0.494 e. The molecule has 0 bridgehead atoms. The van der Waals surface area contributed by atoms with Gasteiger partial charge in [0.1, 0.15) is 11.5 Å². The molecule has 264 valence electrons. The molecule has 3 N–H and O–H groups in total. The van der Waals surface area contributed by atoms with Gasteiger partial charge in [-0.15, -0.1) is 0 Å². The molecule has 4 aromatic rings. The number of carbonyl (C=O) groups excluding carboxylic acids is 1. The first-order valence-corrected chi connectivity index (χ1v) is 18.6. The summed E-state index contributed by atoms with van der Waals surface area (Å²) in [6.45, 7) is 3.13. The molecule has 0 spiro atoms. The minimum atomic E-state index is -3.84. The Morgan fingerprint density at radius 3 is 2.44 bits per heavy atom. The lowest BCUT2D eigenvalue weighted by Gasteiger charge is -2.31. The highest BCUT2D eigenvalue weighted by Gasteiger charge is 2.54. The minimum Gasteiger partial charge on any atom is -0.494 e. The van der Waals surface area contributed by atoms with Crippen molar-refractivity contribution in [2.24, 2.45) is 4.99 Å². The molecule has 5 rings (SSSR count). The molecule has 0 saturated carbocycles. The van der Waals surface area contributed by atoms with E-state index in [-0.39, 0.29) is 28.8 Å². The summed E-state index contributed by atoms with van der Waals surface area (Å²) in [5.41, 5.74) is 5.91. The zero-order valence-electron chi connectivity index (χ0n) is 27.5. The van der Waals surface area contributed by atoms with Gasteiger partial charge in [-0.1, -0.05) is 65.7 Å². The molecule has 10 nitrogen and oxygen atoms in total. The Morgan fingerprint density at radius 1 is 0.980 bits per heavy atom. The van der Waals surface area contributed by atoms with Crippen LogP contribution in [0, 0.1) is 0 Å². The zero-order valence-corrected chi connectivity index (χ0v) is 29.8. The normalized spacial score (nSPS) is 17.1. The highest BCUT2D eigenvalue weighted by molar-refractivity contribution is 7.91. The number of halogens is 2. The van der Waals surface area contributed by atoms with Crippen molar-refractivity contribution >= 4 is 44.8 Å². The van der Waals surface area contributed by atoms with Crippen LogP contribution in [0.15, 0.2) is 107 Å². The third-order valence-electron chi connectivity index (χ3n) is 8.12. The van der Waals surface area contributed by atoms with E-state index in [0.717, 1.165) is 11.3 Å². The Morgan fingerprint density at radius 2 is 1.72 bits per heavy atom. The number of hydrogen-bond donors (Lipinski definition) is 3. The number of aliphatic hydroxyl groups excluding tert-OH is 1. The van der Waals surface area contributed by atoms with E-state index in [0.29, 0.717) is 54.5 Å². The Balaban J connectivity index is 1.49. The number of para-hydroxylation sites is 1. The number of ether oxygens (including phenoxy) is 3. The lowest BCUT2D eigenvalue weighted by Crippen LogP contribution is -2.53. The summed E-state index contributed by atoms with van der Waals surface area (Å²) in [4.78, 5) is 19.5. The topological polar surface area (TPSA) is 136 Å². The van der Waals surface area contributed by atoms with Crippen LogP contribution in [-0.4, -0.2) is 63.0 Å². The highest BCUT2D eigenvalue weighted by atomic mass is 35.5. The molecule has 1 amide bonds. The molecule has 0 fully saturated rings. The number of benzene rings is 4. The molecule has 0 aliphatic carbocycles. The van der Waals surface area contributed by atoms with Crippen LogP contribution >= 0.6 is 23.2 Å². The molecular weight excluding hydrogens is 701 g/mol. The maximum Gasteiger partial charge on any atom is 0.266 e. The molecule has 0 saturated heterocycles. The monoisotopic (exact) mass is 739 g/mol. The molecule has 13 heteroatoms. The van der Waals surface area contributed by atoms with Gasteiger partial charge in [0.2, 0.25) is 5.90 Å². The van der Waals surface area contributed by atoms with Crippen molar-refractivity contribution in [3.05, 3.63) is 124 Å². The highest BCUT2D eigenvalue weighted by Crippen LogP contribution is 2.45. The average molecular weight is 741 g/mol. The molecule has 1 heterocycles. The lowest BCUT2D eigenvalue weighted by molar-refractivity contribution is -0.130. The molecule has 0 radical (unpaired) electrons. The quantitative estimate of drug-likeness (QED) is 0.0869. The summed E-state index contributed by atoms with van der Waals surface area (Å²) in [7, 11) is -3.84. The van der Waals surface area contributed by atoms with Gasteiger partial charge < -0.3 is 19.3 Å². The van der Waals surface area contributed by atoms with E-state index in [2.05, 4.69) is 10.9 Å². The smallest absolute Gasteiger partial charge is 0.266 e. The van der Waals surface area contributed by atoms with Gasteiger partial charge in [-0.05, 0) is 73.5 Å². The summed E-state index contributed by atoms with van der Waals surface area (Å²) in [6, 6.07) is 27.4. The second kappa shape index (κ2) is 17.2. The maximum atomic E-state index is 14.5. The summed E-state index contributed by atoms with van der Waals surface area (Å²) < 4.78 is 45.0. The van der Waals surface area contributed by atoms with Crippen LogP contribution in [0.4, 0.5) is 0 Å². The zero-order chi connectivity index (χ0) is 35.6. The van der Waals surface area contributed by atoms with Gasteiger partial charge in [-0.25, -0.2) is 18.8 Å². The van der Waals surface area contributed by atoms with E-state index in [1.54, 1.807) is 54.6 Å². The lowest BCUT2D eigenvalue weighted by atomic mass is 9.85. The van der Waals surface area contributed by atoms with Crippen LogP contribution in [0.5, 0.6) is 11.5 Å². The first-order chi connectivity index (χ1) is 24.2. The fourth-order valence-corrected chi connectivity index (χ4v) is 7.45. The van der Waals surface area contributed by atoms with Crippen molar-refractivity contribution in [3.8, 4) is 11.5 Å². The van der Waals surface area contributed by atoms with Crippen molar-refractivity contribution < 1.29 is 32.5 Å². The average Bonchev–Trinajstić information content (AvgIpc) is 3.51. The van der Waals surface area contributed by atoms with Crippen LogP contribution in [-0.2, 0) is 25.8 Å². The van der Waals surface area contributed by atoms with Crippen molar-refractivity contribution in [2.45, 2.75) is 42.7 Å². The van der Waals surface area contributed by atoms with Crippen molar-refractivity contribution in [3.63, 3.8) is 0 Å². The minimum absolute atomic E-state index is 0.0109. The van der Waals surface area contributed by atoms with E-state index in [4.69, 9.17) is 47.5 Å². The van der Waals surface area contributed by atoms with Gasteiger partial charge in [0.25, 0.3) is 5.91 Å². The Bertz CT molecular complexity index is 1890. The van der Waals surface area contributed by atoms with Gasteiger partial charge in [0, 0.05) is 47.2 Å². The summed E-state index contributed by atoms with van der Waals surface area (Å²) >= 11 is 13.0. The van der Waals surface area contributed by atoms with E-state index in [9.17, 15) is 13.2 Å². The molecule has 1 aliphatic heterocycles. The Hall–Kier alpha value is -4.13. The number of nitrogens with one attached hydrogen (secondary N) is 2. The number of sulfone groups is 1. The summed E-state index contributed by atoms with van der Waals surface area (Å²) in [6.07, 6.45) is -0.331. The number of nitrogens with zero attached hydrogens (tertiary/aromatic N) is 1. The number of hydrazine groups is 1. The van der Waals surface area contributed by atoms with Crippen molar-refractivity contribution in [2.75, 3.05) is 32.1 Å². The van der Waals surface area contributed by atoms with Crippen LogP contribution in [0.2, 0.25) is 10.0 Å². The third-order valence-corrected chi connectivity index (χ3v) is 10.4. The van der Waals surface area contributed by atoms with Gasteiger partial charge >= 0.3 is 0 Å². The standard InChI is InChI=1S/C37H39Cl2N3O7S/c1-2-47-33-12-7-6-9-26(33)19-21-40-42-36(44)37(20-24-50(45,46)30-10-4-3-5-11-30)34(31-18-15-28(38)25-32(31)39)49-35(41-37)27-13-16-29(17-14-27)48-23-8-22-43/h3-7,9-18,25,34,40,43H,2,8,19-24H2,1H3,(H,42,44)/t34-,37-/m0/s1. The van der Waals surface area contributed by atoms with Gasteiger partial charge in [-0.2, -0.15) is 0 Å². The van der Waals surface area contributed by atoms with E-state index in [1.165, 1.54) is 18.2 Å². The Labute approximate surface area is 302 Å². The van der Waals surface area contributed by atoms with Gasteiger partial charge in [-0.3, -0.25) is 10.2 Å². The molecule has 50 heavy (non-hydrogen) atoms. The number of aliphatic imine (C=N–C) groups is 1. The van der Waals surface area contributed by atoms with Gasteiger partial charge in [0.15, 0.2) is 21.5 Å². The van der Waals surface area contributed by atoms with Crippen molar-refractivity contribution in [1.29, 1.82) is 0 Å². The van der Waals surface area contributed by atoms with E-state index >= 15 is 0 Å². The first-order valence-electron chi connectivity index (χ1n) is 16.2. The number of hydrogen-bond acceptors (Lipinski definition) is 9. The number of carbonyl (C=O) groups is 1. The molecule has 4 aromatic carbocycles. The predicted octanol–water partition coefficient (Wildman–Crippen LogP) is 6.14. The van der Waals surface area contributed by atoms with Crippen molar-refractivity contribution in [1.82, 2.24) is 10.9 Å². The van der Waals surface area contributed by atoms with E-state index < -0.39 is 33.1 Å². The molecule has 2 atom stereocenters. The van der Waals surface area contributed by atoms with Crippen LogP contribution in [0.1, 0.15) is 42.6 Å². The third kappa shape index (κ3) is 8.96. The number of aliphatic hydroxyl groups is 1. The van der Waals surface area contributed by atoms with Gasteiger partial charge in [0.05, 0.1) is 23.9 Å². The second-order valence-electron chi connectivity index (χ2n) is 11.5. The SMILES string of the molecule is CCOc1ccccc1CCNNC(=O)[C@@]1(CCS(=O)(=O)c2ccccc2)N=C(c2ccc(OCCCO)cc2)O[C@H]1c1ccc(Cl)cc1Cl. The van der Waals surface area contributed by atoms with Crippen LogP contribution in [0.25, 0.3) is 0 Å². The summed E-state index contributed by atoms with van der Waals surface area (Å²) in [5, 5.41) is 9.69.